The Balaban J connectivity index is 2.29. The quantitative estimate of drug-likeness (QED) is 0.624. The standard InChI is InChI=1S/C20H20O4/c1-13(15-5-9-17(10-6-15)19(21)23-3)14(2)16-7-11-18(12-8-16)20(22)24-4/h5-12H,1-4H3/b14-13-. The number of methoxy groups -OCH3 is 2. The van der Waals surface area contributed by atoms with E-state index in [0.29, 0.717) is 11.1 Å². The molecule has 0 heterocycles. The first-order valence-electron chi connectivity index (χ1n) is 7.53. The van der Waals surface area contributed by atoms with Gasteiger partial charge in [0.15, 0.2) is 0 Å². The van der Waals surface area contributed by atoms with E-state index in [2.05, 4.69) is 0 Å². The SMILES string of the molecule is COC(=O)c1ccc(/C(C)=C(/C)c2ccc(C(=O)OC)cc2)cc1. The summed E-state index contributed by atoms with van der Waals surface area (Å²) in [6.07, 6.45) is 0. The van der Waals surface area contributed by atoms with Crippen LogP contribution in [0, 0.1) is 0 Å². The molecule has 0 bridgehead atoms. The summed E-state index contributed by atoms with van der Waals surface area (Å²) in [5.74, 6) is -0.698. The molecule has 0 aliphatic rings. The summed E-state index contributed by atoms with van der Waals surface area (Å²) in [7, 11) is 2.73. The maximum atomic E-state index is 11.5. The molecule has 0 atom stereocenters. The lowest BCUT2D eigenvalue weighted by molar-refractivity contribution is 0.0592. The first kappa shape index (κ1) is 17.5. The molecule has 4 heteroatoms. The highest BCUT2D eigenvalue weighted by atomic mass is 16.5. The zero-order valence-corrected chi connectivity index (χ0v) is 14.3. The van der Waals surface area contributed by atoms with Crippen LogP contribution in [-0.4, -0.2) is 26.2 Å². The third kappa shape index (κ3) is 3.71. The molecule has 0 fully saturated rings. The topological polar surface area (TPSA) is 52.6 Å². The van der Waals surface area contributed by atoms with Gasteiger partial charge in [-0.05, 0) is 60.4 Å². The molecule has 0 aliphatic carbocycles. The molecule has 2 aromatic carbocycles. The van der Waals surface area contributed by atoms with Crippen LogP contribution in [0.1, 0.15) is 45.7 Å². The van der Waals surface area contributed by atoms with Gasteiger partial charge in [-0.1, -0.05) is 24.3 Å². The Kier molecular flexibility index (Phi) is 5.53. The first-order valence-corrected chi connectivity index (χ1v) is 7.53. The van der Waals surface area contributed by atoms with Gasteiger partial charge in [0.1, 0.15) is 0 Å². The number of rotatable bonds is 4. The average molecular weight is 324 g/mol. The number of ether oxygens (including phenoxy) is 2. The van der Waals surface area contributed by atoms with E-state index < -0.39 is 0 Å². The predicted octanol–water partition coefficient (Wildman–Crippen LogP) is 4.21. The fourth-order valence-electron chi connectivity index (χ4n) is 2.38. The Morgan fingerprint density at radius 1 is 0.583 bits per heavy atom. The molecule has 0 saturated carbocycles. The zero-order chi connectivity index (χ0) is 17.7. The fourth-order valence-corrected chi connectivity index (χ4v) is 2.38. The number of esters is 2. The summed E-state index contributed by atoms with van der Waals surface area (Å²) < 4.78 is 9.41. The number of carbonyl (C=O) groups is 2. The van der Waals surface area contributed by atoms with E-state index in [0.717, 1.165) is 22.3 Å². The van der Waals surface area contributed by atoms with E-state index >= 15 is 0 Å². The van der Waals surface area contributed by atoms with Crippen molar-refractivity contribution in [1.29, 1.82) is 0 Å². The molecule has 0 spiro atoms. The highest BCUT2D eigenvalue weighted by molar-refractivity contribution is 5.93. The highest BCUT2D eigenvalue weighted by Gasteiger charge is 2.09. The third-order valence-electron chi connectivity index (χ3n) is 4.04. The van der Waals surface area contributed by atoms with Gasteiger partial charge in [0.05, 0.1) is 25.3 Å². The van der Waals surface area contributed by atoms with Crippen LogP contribution < -0.4 is 0 Å². The second-order valence-corrected chi connectivity index (χ2v) is 5.39. The Hall–Kier alpha value is -2.88. The van der Waals surface area contributed by atoms with E-state index in [4.69, 9.17) is 9.47 Å². The van der Waals surface area contributed by atoms with Crippen molar-refractivity contribution in [2.75, 3.05) is 14.2 Å². The van der Waals surface area contributed by atoms with Crippen molar-refractivity contribution < 1.29 is 19.1 Å². The molecule has 4 nitrogen and oxygen atoms in total. The van der Waals surface area contributed by atoms with E-state index in [1.807, 2.05) is 38.1 Å². The Bertz CT molecular complexity index is 701. The van der Waals surface area contributed by atoms with Crippen LogP contribution in [0.4, 0.5) is 0 Å². The van der Waals surface area contributed by atoms with Gasteiger partial charge < -0.3 is 9.47 Å². The summed E-state index contributed by atoms with van der Waals surface area (Å²) in [5.41, 5.74) is 5.28. The van der Waals surface area contributed by atoms with Crippen LogP contribution in [0.2, 0.25) is 0 Å². The van der Waals surface area contributed by atoms with Crippen LogP contribution in [0.3, 0.4) is 0 Å². The average Bonchev–Trinajstić information content (AvgIpc) is 2.65. The molecule has 0 N–H and O–H groups in total. The molecule has 0 saturated heterocycles. The van der Waals surface area contributed by atoms with Crippen molar-refractivity contribution in [2.45, 2.75) is 13.8 Å². The van der Waals surface area contributed by atoms with Gasteiger partial charge in [0.25, 0.3) is 0 Å². The van der Waals surface area contributed by atoms with Gasteiger partial charge in [-0.2, -0.15) is 0 Å². The Morgan fingerprint density at radius 3 is 1.08 bits per heavy atom. The van der Waals surface area contributed by atoms with Gasteiger partial charge in [-0.25, -0.2) is 9.59 Å². The molecule has 24 heavy (non-hydrogen) atoms. The van der Waals surface area contributed by atoms with Gasteiger partial charge in [0, 0.05) is 0 Å². The monoisotopic (exact) mass is 324 g/mol. The maximum Gasteiger partial charge on any atom is 0.337 e. The highest BCUT2D eigenvalue weighted by Crippen LogP contribution is 2.26. The van der Waals surface area contributed by atoms with E-state index in [1.165, 1.54) is 14.2 Å². The minimum Gasteiger partial charge on any atom is -0.465 e. The van der Waals surface area contributed by atoms with Crippen molar-refractivity contribution in [3.63, 3.8) is 0 Å². The molecular formula is C20H20O4. The van der Waals surface area contributed by atoms with Gasteiger partial charge >= 0.3 is 11.9 Å². The third-order valence-corrected chi connectivity index (χ3v) is 4.04. The van der Waals surface area contributed by atoms with Crippen LogP contribution in [0.15, 0.2) is 48.5 Å². The van der Waals surface area contributed by atoms with E-state index in [1.54, 1.807) is 24.3 Å². The molecule has 0 aromatic heterocycles. The molecule has 124 valence electrons. The Morgan fingerprint density at radius 2 is 0.833 bits per heavy atom. The van der Waals surface area contributed by atoms with Crippen LogP contribution in [-0.2, 0) is 9.47 Å². The summed E-state index contributed by atoms with van der Waals surface area (Å²) >= 11 is 0. The normalized spacial score (nSPS) is 11.5. The molecule has 0 radical (unpaired) electrons. The number of hydrogen-bond acceptors (Lipinski definition) is 4. The van der Waals surface area contributed by atoms with Crippen molar-refractivity contribution >= 4 is 23.1 Å². The fraction of sp³-hybridized carbons (Fsp3) is 0.200. The summed E-state index contributed by atoms with van der Waals surface area (Å²) in [6, 6.07) is 14.6. The summed E-state index contributed by atoms with van der Waals surface area (Å²) in [6.45, 7) is 4.05. The lowest BCUT2D eigenvalue weighted by Gasteiger charge is -2.10. The number of benzene rings is 2. The minimum absolute atomic E-state index is 0.349. The molecule has 2 rings (SSSR count). The zero-order valence-electron chi connectivity index (χ0n) is 14.3. The van der Waals surface area contributed by atoms with E-state index in [-0.39, 0.29) is 11.9 Å². The van der Waals surface area contributed by atoms with Gasteiger partial charge in [0.2, 0.25) is 0 Å². The van der Waals surface area contributed by atoms with Crippen LogP contribution >= 0.6 is 0 Å². The smallest absolute Gasteiger partial charge is 0.337 e. The van der Waals surface area contributed by atoms with Gasteiger partial charge in [-0.15, -0.1) is 0 Å². The van der Waals surface area contributed by atoms with Crippen LogP contribution in [0.5, 0.6) is 0 Å². The summed E-state index contributed by atoms with van der Waals surface area (Å²) in [4.78, 5) is 23.0. The molecular weight excluding hydrogens is 304 g/mol. The number of hydrogen-bond donors (Lipinski definition) is 0. The van der Waals surface area contributed by atoms with Crippen molar-refractivity contribution in [2.24, 2.45) is 0 Å². The number of carbonyl (C=O) groups excluding carboxylic acids is 2. The van der Waals surface area contributed by atoms with Crippen molar-refractivity contribution in [3.8, 4) is 0 Å². The Labute approximate surface area is 141 Å². The lowest BCUT2D eigenvalue weighted by Crippen LogP contribution is -2.01. The number of allylic oxidation sites excluding steroid dienone is 2. The van der Waals surface area contributed by atoms with Crippen LogP contribution in [0.25, 0.3) is 11.1 Å². The van der Waals surface area contributed by atoms with Crippen molar-refractivity contribution in [1.82, 2.24) is 0 Å². The molecule has 0 amide bonds. The lowest BCUT2D eigenvalue weighted by atomic mass is 9.96. The molecule has 2 aromatic rings. The second kappa shape index (κ2) is 7.59. The predicted molar refractivity (Wildman–Crippen MR) is 93.7 cm³/mol. The van der Waals surface area contributed by atoms with E-state index in [9.17, 15) is 9.59 Å². The minimum atomic E-state index is -0.349. The van der Waals surface area contributed by atoms with Gasteiger partial charge in [-0.3, -0.25) is 0 Å². The van der Waals surface area contributed by atoms with Crippen molar-refractivity contribution in [3.05, 3.63) is 70.8 Å². The largest absolute Gasteiger partial charge is 0.465 e. The first-order chi connectivity index (χ1) is 11.5. The second-order valence-electron chi connectivity index (χ2n) is 5.39. The molecule has 0 aliphatic heterocycles. The maximum absolute atomic E-state index is 11.5. The molecule has 0 unspecified atom stereocenters. The summed E-state index contributed by atoms with van der Waals surface area (Å²) in [5, 5.41) is 0.